The summed E-state index contributed by atoms with van der Waals surface area (Å²) >= 11 is 0. The molecular formula is C10H9N3O. The van der Waals surface area contributed by atoms with Gasteiger partial charge in [0.15, 0.2) is 0 Å². The first-order valence-electron chi connectivity index (χ1n) is 4.22. The van der Waals surface area contributed by atoms with Gasteiger partial charge < -0.3 is 5.11 Å². The normalized spacial score (nSPS) is 10.1. The number of rotatable bonds is 1. The average molecular weight is 187 g/mol. The average Bonchev–Trinajstić information content (AvgIpc) is 2.19. The lowest BCUT2D eigenvalue weighted by Crippen LogP contribution is -1.89. The third kappa shape index (κ3) is 1.54. The molecule has 0 spiro atoms. The number of aromatic nitrogens is 3. The Labute approximate surface area is 81.2 Å². The Hall–Kier alpha value is -1.97. The number of nitrogens with zero attached hydrogens (tertiary/aromatic N) is 3. The monoisotopic (exact) mass is 187 g/mol. The molecule has 0 aliphatic heterocycles. The summed E-state index contributed by atoms with van der Waals surface area (Å²) in [6.45, 7) is 1.92. The van der Waals surface area contributed by atoms with Gasteiger partial charge in [-0.3, -0.25) is 0 Å². The van der Waals surface area contributed by atoms with E-state index in [1.807, 2.05) is 19.1 Å². The fourth-order valence-corrected chi connectivity index (χ4v) is 1.24. The highest BCUT2D eigenvalue weighted by Gasteiger charge is 2.04. The Balaban J connectivity index is 2.53. The van der Waals surface area contributed by atoms with Crippen LogP contribution in [0, 0.1) is 6.92 Å². The van der Waals surface area contributed by atoms with Crippen molar-refractivity contribution < 1.29 is 5.11 Å². The quantitative estimate of drug-likeness (QED) is 0.735. The summed E-state index contributed by atoms with van der Waals surface area (Å²) in [5, 5.41) is 20.6. The van der Waals surface area contributed by atoms with E-state index < -0.39 is 0 Å². The van der Waals surface area contributed by atoms with Gasteiger partial charge in [0, 0.05) is 5.56 Å². The molecule has 0 radical (unpaired) electrons. The third-order valence-corrected chi connectivity index (χ3v) is 1.93. The largest absolute Gasteiger partial charge is 0.507 e. The predicted octanol–water partition coefficient (Wildman–Crippen LogP) is 1.55. The number of benzene rings is 1. The van der Waals surface area contributed by atoms with Crippen LogP contribution in [0.1, 0.15) is 5.56 Å². The van der Waals surface area contributed by atoms with E-state index in [0.29, 0.717) is 11.3 Å². The van der Waals surface area contributed by atoms with Gasteiger partial charge in [0.2, 0.25) is 0 Å². The number of hydrogen-bond donors (Lipinski definition) is 1. The number of hydrogen-bond acceptors (Lipinski definition) is 4. The summed E-state index contributed by atoms with van der Waals surface area (Å²) in [6.07, 6.45) is 1.54. The molecule has 1 aromatic carbocycles. The molecule has 14 heavy (non-hydrogen) atoms. The van der Waals surface area contributed by atoms with Crippen LogP contribution in [0.15, 0.2) is 30.5 Å². The first kappa shape index (κ1) is 8.62. The van der Waals surface area contributed by atoms with Gasteiger partial charge in [-0.05, 0) is 35.9 Å². The molecule has 2 aromatic rings. The first-order valence-corrected chi connectivity index (χ1v) is 4.22. The van der Waals surface area contributed by atoms with E-state index in [1.54, 1.807) is 18.3 Å². The van der Waals surface area contributed by atoms with Gasteiger partial charge in [0.1, 0.15) is 5.75 Å². The molecule has 1 N–H and O–H groups in total. The van der Waals surface area contributed by atoms with Gasteiger partial charge in [0.05, 0.1) is 11.9 Å². The Morgan fingerprint density at radius 3 is 2.71 bits per heavy atom. The molecule has 0 saturated heterocycles. The maximum absolute atomic E-state index is 9.66. The van der Waals surface area contributed by atoms with E-state index in [0.717, 1.165) is 5.56 Å². The second kappa shape index (κ2) is 3.41. The van der Waals surface area contributed by atoms with Crippen LogP contribution in [0.5, 0.6) is 5.75 Å². The van der Waals surface area contributed by atoms with Crippen LogP contribution < -0.4 is 0 Å². The lowest BCUT2D eigenvalue weighted by molar-refractivity contribution is 0.476. The molecule has 0 aliphatic rings. The number of aryl methyl sites for hydroxylation is 1. The van der Waals surface area contributed by atoms with Gasteiger partial charge in [-0.1, -0.05) is 6.07 Å². The Bertz CT molecular complexity index is 442. The van der Waals surface area contributed by atoms with Crippen LogP contribution in [-0.4, -0.2) is 20.5 Å². The SMILES string of the molecule is Cc1ccc(-c2ccnnn2)c(O)c1. The molecule has 1 aromatic heterocycles. The van der Waals surface area contributed by atoms with Crippen LogP contribution in [0.25, 0.3) is 11.3 Å². The fraction of sp³-hybridized carbons (Fsp3) is 0.100. The summed E-state index contributed by atoms with van der Waals surface area (Å²) in [6, 6.07) is 7.13. The molecule has 0 fully saturated rings. The van der Waals surface area contributed by atoms with Crippen molar-refractivity contribution in [2.45, 2.75) is 6.92 Å². The van der Waals surface area contributed by atoms with Gasteiger partial charge >= 0.3 is 0 Å². The minimum absolute atomic E-state index is 0.213. The molecule has 1 heterocycles. The third-order valence-electron chi connectivity index (χ3n) is 1.93. The van der Waals surface area contributed by atoms with Crippen LogP contribution >= 0.6 is 0 Å². The molecule has 70 valence electrons. The summed E-state index contributed by atoms with van der Waals surface area (Å²) in [4.78, 5) is 0. The molecular weight excluding hydrogens is 178 g/mol. The van der Waals surface area contributed by atoms with Gasteiger partial charge in [-0.15, -0.1) is 10.2 Å². The molecule has 0 amide bonds. The number of phenols is 1. The fourth-order valence-electron chi connectivity index (χ4n) is 1.24. The lowest BCUT2D eigenvalue weighted by Gasteiger charge is -2.02. The molecule has 0 bridgehead atoms. The molecule has 4 heteroatoms. The molecule has 0 aliphatic carbocycles. The summed E-state index contributed by atoms with van der Waals surface area (Å²) in [7, 11) is 0. The van der Waals surface area contributed by atoms with E-state index in [4.69, 9.17) is 0 Å². The highest BCUT2D eigenvalue weighted by atomic mass is 16.3. The Kier molecular flexibility index (Phi) is 2.10. The van der Waals surface area contributed by atoms with Crippen molar-refractivity contribution in [3.05, 3.63) is 36.0 Å². The van der Waals surface area contributed by atoms with Crippen molar-refractivity contribution in [2.24, 2.45) is 0 Å². The van der Waals surface area contributed by atoms with Gasteiger partial charge in [-0.2, -0.15) is 0 Å². The molecule has 4 nitrogen and oxygen atoms in total. The van der Waals surface area contributed by atoms with E-state index in [9.17, 15) is 5.11 Å². The van der Waals surface area contributed by atoms with Crippen molar-refractivity contribution in [1.82, 2.24) is 15.4 Å². The zero-order chi connectivity index (χ0) is 9.97. The summed E-state index contributed by atoms with van der Waals surface area (Å²) in [5.41, 5.74) is 2.30. The van der Waals surface area contributed by atoms with Crippen molar-refractivity contribution in [2.75, 3.05) is 0 Å². The Morgan fingerprint density at radius 2 is 2.07 bits per heavy atom. The zero-order valence-corrected chi connectivity index (χ0v) is 7.68. The lowest BCUT2D eigenvalue weighted by atomic mass is 10.1. The second-order valence-electron chi connectivity index (χ2n) is 3.03. The van der Waals surface area contributed by atoms with Gasteiger partial charge in [-0.25, -0.2) is 0 Å². The van der Waals surface area contributed by atoms with Crippen molar-refractivity contribution in [3.8, 4) is 17.0 Å². The molecule has 0 atom stereocenters. The summed E-state index contributed by atoms with van der Waals surface area (Å²) in [5.74, 6) is 0.213. The standard InChI is InChI=1S/C10H9N3O/c1-7-2-3-8(10(14)6-7)9-4-5-11-13-12-9/h2-6,14H,1H3. The highest BCUT2D eigenvalue weighted by molar-refractivity contribution is 5.66. The van der Waals surface area contributed by atoms with Crippen LogP contribution in [-0.2, 0) is 0 Å². The van der Waals surface area contributed by atoms with Gasteiger partial charge in [0.25, 0.3) is 0 Å². The van der Waals surface area contributed by atoms with Crippen molar-refractivity contribution in [3.63, 3.8) is 0 Å². The zero-order valence-electron chi connectivity index (χ0n) is 7.68. The Morgan fingerprint density at radius 1 is 1.21 bits per heavy atom. The minimum Gasteiger partial charge on any atom is -0.507 e. The number of phenolic OH excluding ortho intramolecular Hbond substituents is 1. The smallest absolute Gasteiger partial charge is 0.125 e. The molecule has 2 rings (SSSR count). The second-order valence-corrected chi connectivity index (χ2v) is 3.03. The summed E-state index contributed by atoms with van der Waals surface area (Å²) < 4.78 is 0. The van der Waals surface area contributed by atoms with E-state index in [2.05, 4.69) is 15.4 Å². The van der Waals surface area contributed by atoms with E-state index >= 15 is 0 Å². The van der Waals surface area contributed by atoms with E-state index in [1.165, 1.54) is 0 Å². The molecule has 0 saturated carbocycles. The minimum atomic E-state index is 0.213. The van der Waals surface area contributed by atoms with Crippen LogP contribution in [0.3, 0.4) is 0 Å². The van der Waals surface area contributed by atoms with Crippen molar-refractivity contribution >= 4 is 0 Å². The first-order chi connectivity index (χ1) is 6.77. The predicted molar refractivity (Wildman–Crippen MR) is 51.7 cm³/mol. The maximum atomic E-state index is 9.66. The topological polar surface area (TPSA) is 58.9 Å². The van der Waals surface area contributed by atoms with Crippen LogP contribution in [0.4, 0.5) is 0 Å². The molecule has 0 unspecified atom stereocenters. The van der Waals surface area contributed by atoms with E-state index in [-0.39, 0.29) is 5.75 Å². The highest BCUT2D eigenvalue weighted by Crippen LogP contribution is 2.27. The maximum Gasteiger partial charge on any atom is 0.125 e. The van der Waals surface area contributed by atoms with Crippen LogP contribution in [0.2, 0.25) is 0 Å². The number of aromatic hydroxyl groups is 1. The van der Waals surface area contributed by atoms with Crippen molar-refractivity contribution in [1.29, 1.82) is 0 Å².